The number of ether oxygens (including phenoxy) is 1. The topological polar surface area (TPSA) is 42.4 Å². The molecule has 0 radical (unpaired) electrons. The first-order valence-corrected chi connectivity index (χ1v) is 5.30. The summed E-state index contributed by atoms with van der Waals surface area (Å²) in [5.74, 6) is 0. The zero-order chi connectivity index (χ0) is 9.26. The first-order valence-electron chi connectivity index (χ1n) is 4.48. The molecule has 1 saturated heterocycles. The summed E-state index contributed by atoms with van der Waals surface area (Å²) in [6.07, 6.45) is 3.94. The van der Waals surface area contributed by atoms with Crippen molar-refractivity contribution in [3.8, 4) is 0 Å². The van der Waals surface area contributed by atoms with Gasteiger partial charge in [-0.3, -0.25) is 0 Å². The van der Waals surface area contributed by atoms with E-state index >= 15 is 0 Å². The van der Waals surface area contributed by atoms with Crippen LogP contribution in [0.1, 0.15) is 28.8 Å². The Morgan fingerprint density at radius 2 is 2.54 bits per heavy atom. The maximum Gasteiger partial charge on any atom is 0.122 e. The molecule has 0 saturated carbocycles. The minimum atomic E-state index is 0.0224. The van der Waals surface area contributed by atoms with Gasteiger partial charge in [0.25, 0.3) is 0 Å². The van der Waals surface area contributed by atoms with Gasteiger partial charge in [-0.25, -0.2) is 4.98 Å². The van der Waals surface area contributed by atoms with E-state index in [1.807, 2.05) is 13.1 Å². The van der Waals surface area contributed by atoms with Crippen molar-refractivity contribution in [3.63, 3.8) is 0 Å². The minimum Gasteiger partial charge on any atom is -0.394 e. The molecule has 4 heteroatoms. The van der Waals surface area contributed by atoms with E-state index in [0.717, 1.165) is 17.8 Å². The Morgan fingerprint density at radius 3 is 3.08 bits per heavy atom. The van der Waals surface area contributed by atoms with Crippen LogP contribution in [0.4, 0.5) is 0 Å². The van der Waals surface area contributed by atoms with Crippen LogP contribution in [-0.2, 0) is 4.74 Å². The summed E-state index contributed by atoms with van der Waals surface area (Å²) in [5.41, 5.74) is 0. The molecule has 3 nitrogen and oxygen atoms in total. The lowest BCUT2D eigenvalue weighted by atomic mass is 10.2. The van der Waals surface area contributed by atoms with Crippen molar-refractivity contribution in [2.24, 2.45) is 0 Å². The minimum absolute atomic E-state index is 0.0224. The monoisotopic (exact) mass is 199 g/mol. The molecule has 1 aliphatic heterocycles. The van der Waals surface area contributed by atoms with E-state index in [0.29, 0.717) is 0 Å². The van der Waals surface area contributed by atoms with Gasteiger partial charge in [0.05, 0.1) is 12.7 Å². The van der Waals surface area contributed by atoms with Gasteiger partial charge in [0.1, 0.15) is 11.1 Å². The number of aliphatic hydroxyl groups is 1. The highest BCUT2D eigenvalue weighted by molar-refractivity contribution is 7.11. The molecule has 0 amide bonds. The van der Waals surface area contributed by atoms with Gasteiger partial charge in [-0.15, -0.1) is 11.3 Å². The Labute approximate surface area is 81.4 Å². The van der Waals surface area contributed by atoms with Crippen LogP contribution < -0.4 is 0 Å². The fourth-order valence-electron chi connectivity index (χ4n) is 1.54. The summed E-state index contributed by atoms with van der Waals surface area (Å²) in [5, 5.41) is 9.94. The zero-order valence-corrected chi connectivity index (χ0v) is 8.38. The summed E-state index contributed by atoms with van der Waals surface area (Å²) in [7, 11) is 0. The molecule has 2 atom stereocenters. The molecule has 1 fully saturated rings. The summed E-state index contributed by atoms with van der Waals surface area (Å²) in [6, 6.07) is 0. The lowest BCUT2D eigenvalue weighted by Crippen LogP contribution is -2.10. The van der Waals surface area contributed by atoms with Gasteiger partial charge in [0, 0.05) is 11.1 Å². The highest BCUT2D eigenvalue weighted by Crippen LogP contribution is 2.34. The average molecular weight is 199 g/mol. The van der Waals surface area contributed by atoms with E-state index < -0.39 is 0 Å². The van der Waals surface area contributed by atoms with Crippen LogP contribution in [0.15, 0.2) is 6.20 Å². The number of aromatic nitrogens is 1. The Bertz CT molecular complexity index is 287. The Hall–Kier alpha value is -0.450. The summed E-state index contributed by atoms with van der Waals surface area (Å²) < 4.78 is 5.61. The van der Waals surface area contributed by atoms with E-state index in [9.17, 15) is 0 Å². The second kappa shape index (κ2) is 3.74. The van der Waals surface area contributed by atoms with Crippen molar-refractivity contribution in [1.82, 2.24) is 4.98 Å². The van der Waals surface area contributed by atoms with E-state index in [-0.39, 0.29) is 18.8 Å². The first kappa shape index (κ1) is 9.12. The van der Waals surface area contributed by atoms with Crippen LogP contribution in [0, 0.1) is 6.92 Å². The van der Waals surface area contributed by atoms with Crippen molar-refractivity contribution < 1.29 is 9.84 Å². The second-order valence-corrected chi connectivity index (χ2v) is 4.58. The Kier molecular flexibility index (Phi) is 2.62. The van der Waals surface area contributed by atoms with E-state index in [1.165, 1.54) is 4.88 Å². The first-order chi connectivity index (χ1) is 6.29. The molecule has 2 unspecified atom stereocenters. The van der Waals surface area contributed by atoms with Crippen LogP contribution in [0.2, 0.25) is 0 Å². The molecular weight excluding hydrogens is 186 g/mol. The van der Waals surface area contributed by atoms with Crippen molar-refractivity contribution in [2.45, 2.75) is 32.0 Å². The standard InChI is InChI=1S/C9H13NO2S/c1-6-4-10-9(13-6)8-3-2-7(5-11)12-8/h4,7-8,11H,2-3,5H2,1H3. The second-order valence-electron chi connectivity index (χ2n) is 3.32. The highest BCUT2D eigenvalue weighted by Gasteiger charge is 2.27. The van der Waals surface area contributed by atoms with Crippen LogP contribution in [0.3, 0.4) is 0 Å². The number of rotatable bonds is 2. The molecule has 13 heavy (non-hydrogen) atoms. The van der Waals surface area contributed by atoms with E-state index in [2.05, 4.69) is 4.98 Å². The maximum absolute atomic E-state index is 8.89. The number of hydrogen-bond donors (Lipinski definition) is 1. The van der Waals surface area contributed by atoms with Crippen molar-refractivity contribution in [2.75, 3.05) is 6.61 Å². The van der Waals surface area contributed by atoms with E-state index in [4.69, 9.17) is 9.84 Å². The average Bonchev–Trinajstić information content (AvgIpc) is 2.71. The molecule has 0 bridgehead atoms. The molecule has 72 valence electrons. The predicted octanol–water partition coefficient (Wildman–Crippen LogP) is 1.66. The molecule has 1 aromatic heterocycles. The lowest BCUT2D eigenvalue weighted by molar-refractivity contribution is 0.0109. The predicted molar refractivity (Wildman–Crippen MR) is 50.8 cm³/mol. The normalized spacial score (nSPS) is 28.2. The third-order valence-electron chi connectivity index (χ3n) is 2.23. The molecule has 0 aromatic carbocycles. The third kappa shape index (κ3) is 1.90. The van der Waals surface area contributed by atoms with Crippen LogP contribution in [-0.4, -0.2) is 22.8 Å². The smallest absolute Gasteiger partial charge is 0.122 e. The number of hydrogen-bond acceptors (Lipinski definition) is 4. The molecule has 1 aliphatic rings. The highest BCUT2D eigenvalue weighted by atomic mass is 32.1. The fourth-order valence-corrected chi connectivity index (χ4v) is 2.39. The van der Waals surface area contributed by atoms with Crippen LogP contribution in [0.5, 0.6) is 0 Å². The SMILES string of the molecule is Cc1cnc(C2CCC(CO)O2)s1. The molecule has 1 N–H and O–H groups in total. The number of thiazole rings is 1. The quantitative estimate of drug-likeness (QED) is 0.787. The molecule has 2 heterocycles. The lowest BCUT2D eigenvalue weighted by Gasteiger charge is -2.08. The summed E-state index contributed by atoms with van der Waals surface area (Å²) in [4.78, 5) is 5.49. The van der Waals surface area contributed by atoms with Gasteiger partial charge < -0.3 is 9.84 Å². The van der Waals surface area contributed by atoms with Gasteiger partial charge in [0.2, 0.25) is 0 Å². The van der Waals surface area contributed by atoms with Gasteiger partial charge in [-0.2, -0.15) is 0 Å². The molecule has 2 rings (SSSR count). The van der Waals surface area contributed by atoms with E-state index in [1.54, 1.807) is 11.3 Å². The van der Waals surface area contributed by atoms with Gasteiger partial charge in [-0.1, -0.05) is 0 Å². The summed E-state index contributed by atoms with van der Waals surface area (Å²) >= 11 is 1.68. The summed E-state index contributed by atoms with van der Waals surface area (Å²) in [6.45, 7) is 2.17. The largest absolute Gasteiger partial charge is 0.394 e. The fraction of sp³-hybridized carbons (Fsp3) is 0.667. The molecule has 0 aliphatic carbocycles. The number of nitrogens with zero attached hydrogens (tertiary/aromatic N) is 1. The third-order valence-corrected chi connectivity index (χ3v) is 3.23. The van der Waals surface area contributed by atoms with Crippen LogP contribution in [0.25, 0.3) is 0 Å². The van der Waals surface area contributed by atoms with Crippen molar-refractivity contribution >= 4 is 11.3 Å². The molecule has 0 spiro atoms. The Balaban J connectivity index is 2.03. The number of aliphatic hydroxyl groups excluding tert-OH is 1. The van der Waals surface area contributed by atoms with Gasteiger partial charge >= 0.3 is 0 Å². The zero-order valence-electron chi connectivity index (χ0n) is 7.56. The van der Waals surface area contributed by atoms with Crippen molar-refractivity contribution in [1.29, 1.82) is 0 Å². The van der Waals surface area contributed by atoms with Crippen molar-refractivity contribution in [3.05, 3.63) is 16.1 Å². The van der Waals surface area contributed by atoms with Gasteiger partial charge in [0.15, 0.2) is 0 Å². The Morgan fingerprint density at radius 1 is 1.69 bits per heavy atom. The van der Waals surface area contributed by atoms with Gasteiger partial charge in [-0.05, 0) is 19.8 Å². The number of aryl methyl sites for hydroxylation is 1. The maximum atomic E-state index is 8.89. The van der Waals surface area contributed by atoms with Crippen LogP contribution >= 0.6 is 11.3 Å². The molecular formula is C9H13NO2S. The molecule has 1 aromatic rings.